The van der Waals surface area contributed by atoms with Gasteiger partial charge >= 0.3 is 0 Å². The molecule has 0 bridgehead atoms. The zero-order chi connectivity index (χ0) is 28.4. The highest BCUT2D eigenvalue weighted by molar-refractivity contribution is 9.10. The highest BCUT2D eigenvalue weighted by Crippen LogP contribution is 2.56. The molecule has 0 aliphatic rings. The van der Waals surface area contributed by atoms with Crippen LogP contribution in [0.4, 0.5) is 0 Å². The van der Waals surface area contributed by atoms with Crippen molar-refractivity contribution in [2.24, 2.45) is 0 Å². The molecule has 7 aromatic rings. The molecule has 1 aromatic heterocycles. The SMILES string of the molecule is Brc1ccccc1Cn1c(-c2ccccc2[P+](c2ccccc2)(c2ccccc2)c2ccccc2)nc2ccccc21.[Br-]. The summed E-state index contributed by atoms with van der Waals surface area (Å²) in [5.41, 5.74) is 4.50. The predicted molar refractivity (Wildman–Crippen MR) is 183 cm³/mol. The van der Waals surface area contributed by atoms with Gasteiger partial charge in [-0.25, -0.2) is 4.98 Å². The summed E-state index contributed by atoms with van der Waals surface area (Å²) in [6.45, 7) is 0.707. The number of aromatic nitrogens is 2. The van der Waals surface area contributed by atoms with Gasteiger partial charge in [0.1, 0.15) is 34.3 Å². The maximum atomic E-state index is 5.33. The Morgan fingerprint density at radius 3 is 1.63 bits per heavy atom. The van der Waals surface area contributed by atoms with Crippen molar-refractivity contribution in [3.8, 4) is 11.4 Å². The van der Waals surface area contributed by atoms with Crippen molar-refractivity contribution in [2.45, 2.75) is 6.54 Å². The molecule has 0 atom stereocenters. The summed E-state index contributed by atoms with van der Waals surface area (Å²) in [6, 6.07) is 59.0. The summed E-state index contributed by atoms with van der Waals surface area (Å²) >= 11 is 3.80. The number of hydrogen-bond donors (Lipinski definition) is 0. The van der Waals surface area contributed by atoms with Crippen molar-refractivity contribution < 1.29 is 17.0 Å². The number of hydrogen-bond acceptors (Lipinski definition) is 1. The van der Waals surface area contributed by atoms with E-state index in [-0.39, 0.29) is 17.0 Å². The molecule has 0 saturated carbocycles. The van der Waals surface area contributed by atoms with Crippen LogP contribution in [0, 0.1) is 0 Å². The van der Waals surface area contributed by atoms with Gasteiger partial charge < -0.3 is 21.5 Å². The molecule has 5 heteroatoms. The van der Waals surface area contributed by atoms with Crippen molar-refractivity contribution in [1.29, 1.82) is 0 Å². The molecule has 0 amide bonds. The molecule has 2 nitrogen and oxygen atoms in total. The minimum absolute atomic E-state index is 0. The van der Waals surface area contributed by atoms with E-state index in [0.29, 0.717) is 6.54 Å². The average Bonchev–Trinajstić information content (AvgIpc) is 3.42. The minimum Gasteiger partial charge on any atom is -1.00 e. The van der Waals surface area contributed by atoms with Crippen molar-refractivity contribution in [3.63, 3.8) is 0 Å². The molecule has 0 unspecified atom stereocenters. The lowest BCUT2D eigenvalue weighted by Gasteiger charge is -2.29. The first-order chi connectivity index (χ1) is 20.8. The third-order valence-corrected chi connectivity index (χ3v) is 13.0. The Morgan fingerprint density at radius 1 is 0.535 bits per heavy atom. The highest BCUT2D eigenvalue weighted by Gasteiger charge is 2.49. The first-order valence-electron chi connectivity index (χ1n) is 14.1. The quantitative estimate of drug-likeness (QED) is 0.211. The standard InChI is InChI=1S/C38H29BrN2P.BrH/c39-34-24-12-10-16-29(34)28-41-36-26-14-13-25-35(36)40-38(41)33-23-11-15-27-37(33)42(30-17-4-1-5-18-30,31-19-6-2-7-20-31)32-21-8-3-9-22-32;/h1-27H,28H2;1H/q+1;/p-1. The third kappa shape index (κ3) is 5.29. The van der Waals surface area contributed by atoms with E-state index < -0.39 is 7.26 Å². The second kappa shape index (κ2) is 12.8. The number of halogens is 2. The van der Waals surface area contributed by atoms with Crippen molar-refractivity contribution in [3.05, 3.63) is 174 Å². The van der Waals surface area contributed by atoms with Gasteiger partial charge in [0.15, 0.2) is 0 Å². The first-order valence-corrected chi connectivity index (χ1v) is 16.7. The van der Waals surface area contributed by atoms with Gasteiger partial charge in [0.25, 0.3) is 0 Å². The minimum atomic E-state index is -2.33. The monoisotopic (exact) mass is 702 g/mol. The number of imidazole rings is 1. The largest absolute Gasteiger partial charge is 1.00 e. The number of fused-ring (bicyclic) bond motifs is 1. The molecule has 0 aliphatic heterocycles. The van der Waals surface area contributed by atoms with Gasteiger partial charge in [-0.2, -0.15) is 0 Å². The second-order valence-electron chi connectivity index (χ2n) is 10.3. The summed E-state index contributed by atoms with van der Waals surface area (Å²) in [5.74, 6) is 0.981. The number of rotatable bonds is 7. The fourth-order valence-corrected chi connectivity index (χ4v) is 10.9. The lowest BCUT2D eigenvalue weighted by molar-refractivity contribution is -0.00000792. The maximum Gasteiger partial charge on any atom is 0.145 e. The summed E-state index contributed by atoms with van der Waals surface area (Å²) in [5, 5.41) is 5.27. The van der Waals surface area contributed by atoms with Crippen LogP contribution in [0.2, 0.25) is 0 Å². The predicted octanol–water partition coefficient (Wildman–Crippen LogP) is 5.14. The van der Waals surface area contributed by atoms with Crippen molar-refractivity contribution in [1.82, 2.24) is 9.55 Å². The highest BCUT2D eigenvalue weighted by atomic mass is 79.9. The Kier molecular flexibility index (Phi) is 8.72. The van der Waals surface area contributed by atoms with Gasteiger partial charge in [0, 0.05) is 4.47 Å². The fraction of sp³-hybridized carbons (Fsp3) is 0.0263. The molecular weight excluding hydrogens is 675 g/mol. The van der Waals surface area contributed by atoms with Crippen LogP contribution in [-0.2, 0) is 6.54 Å². The van der Waals surface area contributed by atoms with Crippen molar-refractivity contribution >= 4 is 55.4 Å². The first kappa shape index (κ1) is 29.3. The molecule has 0 aliphatic carbocycles. The average molecular weight is 704 g/mol. The smallest absolute Gasteiger partial charge is 0.145 e. The van der Waals surface area contributed by atoms with Crippen LogP contribution in [0.1, 0.15) is 5.56 Å². The van der Waals surface area contributed by atoms with Gasteiger partial charge in [-0.15, -0.1) is 0 Å². The fourth-order valence-electron chi connectivity index (χ4n) is 6.01. The topological polar surface area (TPSA) is 17.8 Å². The van der Waals surface area contributed by atoms with E-state index in [9.17, 15) is 0 Å². The van der Waals surface area contributed by atoms with Crippen molar-refractivity contribution in [2.75, 3.05) is 0 Å². The molecule has 6 aromatic carbocycles. The number of benzene rings is 6. The van der Waals surface area contributed by atoms with Crippen LogP contribution in [0.15, 0.2) is 168 Å². The molecule has 0 fully saturated rings. The summed E-state index contributed by atoms with van der Waals surface area (Å²) < 4.78 is 3.48. The van der Waals surface area contributed by atoms with Gasteiger partial charge in [-0.3, -0.25) is 0 Å². The second-order valence-corrected chi connectivity index (χ2v) is 14.5. The molecule has 7 rings (SSSR count). The normalized spacial score (nSPS) is 11.3. The van der Waals surface area contributed by atoms with Crippen LogP contribution in [0.5, 0.6) is 0 Å². The zero-order valence-corrected chi connectivity index (χ0v) is 27.5. The molecule has 0 radical (unpaired) electrons. The number of para-hydroxylation sites is 2. The van der Waals surface area contributed by atoms with Gasteiger partial charge in [0.05, 0.1) is 23.1 Å². The molecule has 43 heavy (non-hydrogen) atoms. The van der Waals surface area contributed by atoms with Crippen LogP contribution in [-0.4, -0.2) is 9.55 Å². The van der Waals surface area contributed by atoms with E-state index in [1.165, 1.54) is 26.8 Å². The van der Waals surface area contributed by atoms with E-state index in [4.69, 9.17) is 4.98 Å². The van der Waals surface area contributed by atoms with Gasteiger partial charge in [-0.05, 0) is 72.3 Å². The molecule has 0 saturated heterocycles. The van der Waals surface area contributed by atoms with Gasteiger partial charge in [-0.1, -0.05) is 113 Å². The lowest BCUT2D eigenvalue weighted by atomic mass is 10.2. The summed E-state index contributed by atoms with van der Waals surface area (Å²) in [4.78, 5) is 5.33. The van der Waals surface area contributed by atoms with E-state index in [0.717, 1.165) is 26.9 Å². The molecular formula is C38H29Br2N2P. The Labute approximate surface area is 272 Å². The van der Waals surface area contributed by atoms with E-state index in [1.807, 2.05) is 0 Å². The third-order valence-electron chi connectivity index (χ3n) is 7.88. The van der Waals surface area contributed by atoms with E-state index in [2.05, 4.69) is 184 Å². The molecule has 0 spiro atoms. The van der Waals surface area contributed by atoms with E-state index >= 15 is 0 Å². The lowest BCUT2D eigenvalue weighted by Crippen LogP contribution is -3.00. The summed E-state index contributed by atoms with van der Waals surface area (Å²) in [6.07, 6.45) is 0. The maximum absolute atomic E-state index is 5.33. The Hall–Kier alpha value is -3.82. The molecule has 0 N–H and O–H groups in total. The Bertz CT molecular complexity index is 1880. The summed E-state index contributed by atoms with van der Waals surface area (Å²) in [7, 11) is -2.33. The molecule has 210 valence electrons. The number of nitrogens with zero attached hydrogens (tertiary/aromatic N) is 2. The van der Waals surface area contributed by atoms with Crippen LogP contribution in [0.25, 0.3) is 22.4 Å². The molecule has 1 heterocycles. The van der Waals surface area contributed by atoms with Crippen LogP contribution >= 0.6 is 23.2 Å². The van der Waals surface area contributed by atoms with E-state index in [1.54, 1.807) is 0 Å². The Balaban J connectivity index is 0.00000329. The zero-order valence-electron chi connectivity index (χ0n) is 23.4. The van der Waals surface area contributed by atoms with Gasteiger partial charge in [0.2, 0.25) is 0 Å². The Morgan fingerprint density at radius 2 is 1.02 bits per heavy atom. The van der Waals surface area contributed by atoms with Crippen LogP contribution < -0.4 is 38.2 Å². The van der Waals surface area contributed by atoms with Crippen LogP contribution in [0.3, 0.4) is 0 Å².